The molecule has 0 aromatic carbocycles. The van der Waals surface area contributed by atoms with Crippen molar-refractivity contribution in [2.24, 2.45) is 23.2 Å². The number of fused-ring (bicyclic) bond motifs is 1. The van der Waals surface area contributed by atoms with Crippen LogP contribution in [0.1, 0.15) is 46.0 Å². The van der Waals surface area contributed by atoms with Crippen LogP contribution in [0, 0.1) is 23.2 Å². The van der Waals surface area contributed by atoms with Crippen LogP contribution in [0.2, 0.25) is 0 Å². The highest BCUT2D eigenvalue weighted by molar-refractivity contribution is 4.97. The molecule has 0 aromatic heterocycles. The average Bonchev–Trinajstić information content (AvgIpc) is 2.39. The van der Waals surface area contributed by atoms with Crippen molar-refractivity contribution < 1.29 is 5.11 Å². The molecule has 2 aliphatic rings. The van der Waals surface area contributed by atoms with E-state index in [0.717, 1.165) is 11.8 Å². The summed E-state index contributed by atoms with van der Waals surface area (Å²) in [5.41, 5.74) is 0.498. The van der Waals surface area contributed by atoms with Crippen molar-refractivity contribution in [3.63, 3.8) is 0 Å². The van der Waals surface area contributed by atoms with Crippen molar-refractivity contribution in [2.45, 2.75) is 46.0 Å². The predicted octanol–water partition coefficient (Wildman–Crippen LogP) is 2.83. The van der Waals surface area contributed by atoms with Crippen LogP contribution in [0.15, 0.2) is 0 Å². The van der Waals surface area contributed by atoms with Crippen LogP contribution in [-0.4, -0.2) is 11.7 Å². The molecule has 2 saturated carbocycles. The van der Waals surface area contributed by atoms with E-state index in [0.29, 0.717) is 17.9 Å². The van der Waals surface area contributed by atoms with Gasteiger partial charge in [-0.3, -0.25) is 0 Å². The van der Waals surface area contributed by atoms with Crippen molar-refractivity contribution in [3.05, 3.63) is 0 Å². The number of hydrogen-bond donors (Lipinski definition) is 1. The van der Waals surface area contributed by atoms with Crippen LogP contribution < -0.4 is 0 Å². The quantitative estimate of drug-likeness (QED) is 0.661. The molecule has 0 radical (unpaired) electrons. The van der Waals surface area contributed by atoms with E-state index in [-0.39, 0.29) is 0 Å². The third kappa shape index (κ3) is 1.52. The van der Waals surface area contributed by atoms with Gasteiger partial charge in [-0.1, -0.05) is 26.7 Å². The van der Waals surface area contributed by atoms with Crippen molar-refractivity contribution in [1.82, 2.24) is 0 Å². The topological polar surface area (TPSA) is 20.2 Å². The molecular weight excluding hydrogens is 160 g/mol. The Bertz CT molecular complexity index is 186. The molecule has 0 amide bonds. The van der Waals surface area contributed by atoms with Crippen LogP contribution >= 0.6 is 0 Å². The molecule has 0 aromatic rings. The molecule has 1 nitrogen and oxygen atoms in total. The highest BCUT2D eigenvalue weighted by Gasteiger charge is 2.47. The molecule has 76 valence electrons. The maximum atomic E-state index is 9.34. The summed E-state index contributed by atoms with van der Waals surface area (Å²) >= 11 is 0. The van der Waals surface area contributed by atoms with Crippen molar-refractivity contribution >= 4 is 0 Å². The Balaban J connectivity index is 2.15. The van der Waals surface area contributed by atoms with Gasteiger partial charge in [-0.2, -0.15) is 0 Å². The third-order valence-electron chi connectivity index (χ3n) is 4.45. The zero-order valence-electron chi connectivity index (χ0n) is 8.92. The van der Waals surface area contributed by atoms with Gasteiger partial charge in [0.25, 0.3) is 0 Å². The van der Waals surface area contributed by atoms with Gasteiger partial charge in [-0.25, -0.2) is 0 Å². The zero-order chi connectivity index (χ0) is 9.47. The van der Waals surface area contributed by atoms with Gasteiger partial charge in [0.2, 0.25) is 0 Å². The van der Waals surface area contributed by atoms with Gasteiger partial charge in [-0.05, 0) is 42.4 Å². The fourth-order valence-electron chi connectivity index (χ4n) is 3.87. The summed E-state index contributed by atoms with van der Waals surface area (Å²) in [6.07, 6.45) is 6.85. The van der Waals surface area contributed by atoms with E-state index in [4.69, 9.17) is 0 Å². The Labute approximate surface area is 81.5 Å². The number of aliphatic hydroxyl groups excluding tert-OH is 1. The summed E-state index contributed by atoms with van der Waals surface area (Å²) < 4.78 is 0. The minimum absolute atomic E-state index is 0.421. The van der Waals surface area contributed by atoms with Gasteiger partial charge in [0.1, 0.15) is 0 Å². The first-order chi connectivity index (χ1) is 6.15. The average molecular weight is 182 g/mol. The Kier molecular flexibility index (Phi) is 2.39. The SMILES string of the molecule is CC1(C)CC(CO)C2CCCCC21. The maximum Gasteiger partial charge on any atom is 0.0462 e. The van der Waals surface area contributed by atoms with Crippen molar-refractivity contribution in [1.29, 1.82) is 0 Å². The van der Waals surface area contributed by atoms with E-state index < -0.39 is 0 Å². The molecule has 0 spiro atoms. The van der Waals surface area contributed by atoms with E-state index in [1.54, 1.807) is 0 Å². The second kappa shape index (κ2) is 3.27. The first kappa shape index (κ1) is 9.51. The predicted molar refractivity (Wildman–Crippen MR) is 54.4 cm³/mol. The van der Waals surface area contributed by atoms with E-state index in [9.17, 15) is 5.11 Å². The van der Waals surface area contributed by atoms with E-state index in [2.05, 4.69) is 13.8 Å². The van der Waals surface area contributed by atoms with Crippen LogP contribution in [0.4, 0.5) is 0 Å². The summed E-state index contributed by atoms with van der Waals surface area (Å²) in [5, 5.41) is 9.34. The molecule has 3 atom stereocenters. The lowest BCUT2D eigenvalue weighted by molar-refractivity contribution is 0.135. The minimum Gasteiger partial charge on any atom is -0.396 e. The van der Waals surface area contributed by atoms with Crippen LogP contribution in [0.25, 0.3) is 0 Å². The first-order valence-electron chi connectivity index (χ1n) is 5.76. The molecule has 13 heavy (non-hydrogen) atoms. The molecule has 1 N–H and O–H groups in total. The zero-order valence-corrected chi connectivity index (χ0v) is 8.92. The van der Waals surface area contributed by atoms with Crippen LogP contribution in [0.3, 0.4) is 0 Å². The Morgan fingerprint density at radius 3 is 2.62 bits per heavy atom. The first-order valence-corrected chi connectivity index (χ1v) is 5.76. The van der Waals surface area contributed by atoms with Gasteiger partial charge in [0, 0.05) is 6.61 Å². The monoisotopic (exact) mass is 182 g/mol. The Morgan fingerprint density at radius 2 is 1.92 bits per heavy atom. The molecule has 0 heterocycles. The summed E-state index contributed by atoms with van der Waals surface area (Å²) in [7, 11) is 0. The molecule has 1 heteroatoms. The van der Waals surface area contributed by atoms with Gasteiger partial charge in [-0.15, -0.1) is 0 Å². The van der Waals surface area contributed by atoms with Gasteiger partial charge >= 0.3 is 0 Å². The van der Waals surface area contributed by atoms with Gasteiger partial charge < -0.3 is 5.11 Å². The highest BCUT2D eigenvalue weighted by atomic mass is 16.3. The number of hydrogen-bond acceptors (Lipinski definition) is 1. The van der Waals surface area contributed by atoms with E-state index >= 15 is 0 Å². The highest BCUT2D eigenvalue weighted by Crippen LogP contribution is 2.55. The maximum absolute atomic E-state index is 9.34. The lowest BCUT2D eigenvalue weighted by Crippen LogP contribution is -2.26. The normalized spacial score (nSPS) is 43.2. The Morgan fingerprint density at radius 1 is 1.23 bits per heavy atom. The number of rotatable bonds is 1. The molecule has 0 bridgehead atoms. The molecule has 2 fully saturated rings. The van der Waals surface area contributed by atoms with E-state index in [1.807, 2.05) is 0 Å². The summed E-state index contributed by atoms with van der Waals surface area (Å²) in [6, 6.07) is 0. The van der Waals surface area contributed by atoms with Gasteiger partial charge in [0.05, 0.1) is 0 Å². The lowest BCUT2D eigenvalue weighted by atomic mass is 9.71. The lowest BCUT2D eigenvalue weighted by Gasteiger charge is -2.34. The smallest absolute Gasteiger partial charge is 0.0462 e. The Hall–Kier alpha value is -0.0400. The molecule has 0 saturated heterocycles. The molecular formula is C12H22O. The fourth-order valence-corrected chi connectivity index (χ4v) is 3.87. The summed E-state index contributed by atoms with van der Waals surface area (Å²) in [4.78, 5) is 0. The second-order valence-electron chi connectivity index (χ2n) is 5.69. The van der Waals surface area contributed by atoms with Gasteiger partial charge in [0.15, 0.2) is 0 Å². The summed E-state index contributed by atoms with van der Waals surface area (Å²) in [6.45, 7) is 5.21. The van der Waals surface area contributed by atoms with Crippen molar-refractivity contribution in [2.75, 3.05) is 6.61 Å². The third-order valence-corrected chi connectivity index (χ3v) is 4.45. The largest absolute Gasteiger partial charge is 0.396 e. The molecule has 3 unspecified atom stereocenters. The van der Waals surface area contributed by atoms with Crippen molar-refractivity contribution in [3.8, 4) is 0 Å². The molecule has 2 rings (SSSR count). The van der Waals surface area contributed by atoms with Crippen LogP contribution in [-0.2, 0) is 0 Å². The van der Waals surface area contributed by atoms with E-state index in [1.165, 1.54) is 32.1 Å². The summed E-state index contributed by atoms with van der Waals surface area (Å²) in [5.74, 6) is 2.35. The second-order valence-corrected chi connectivity index (χ2v) is 5.69. The number of aliphatic hydroxyl groups is 1. The molecule has 0 aliphatic heterocycles. The van der Waals surface area contributed by atoms with Crippen LogP contribution in [0.5, 0.6) is 0 Å². The standard InChI is InChI=1S/C12H22O/c1-12(2)7-9(8-13)10-5-3-4-6-11(10)12/h9-11,13H,3-8H2,1-2H3. The minimum atomic E-state index is 0.421. The molecule has 2 aliphatic carbocycles. The fraction of sp³-hybridized carbons (Fsp3) is 1.00.